The molecule has 0 unspecified atom stereocenters. The summed E-state index contributed by atoms with van der Waals surface area (Å²) in [4.78, 5) is 25.1. The number of rotatable bonds is 3. The Balaban J connectivity index is 1.97. The predicted octanol–water partition coefficient (Wildman–Crippen LogP) is 2.94. The van der Waals surface area contributed by atoms with Crippen LogP contribution in [0.2, 0.25) is 10.0 Å². The van der Waals surface area contributed by atoms with Crippen molar-refractivity contribution in [2.75, 3.05) is 18.4 Å². The molecule has 1 N–H and O–H groups in total. The molecule has 19 heavy (non-hydrogen) atoms. The lowest BCUT2D eigenvalue weighted by Crippen LogP contribution is -2.40. The molecule has 1 aliphatic heterocycles. The van der Waals surface area contributed by atoms with Gasteiger partial charge < -0.3 is 10.2 Å². The van der Waals surface area contributed by atoms with Crippen LogP contribution in [0.5, 0.6) is 0 Å². The van der Waals surface area contributed by atoms with Crippen molar-refractivity contribution in [1.29, 1.82) is 0 Å². The molecule has 6 heteroatoms. The van der Waals surface area contributed by atoms with E-state index in [0.717, 1.165) is 12.8 Å². The summed E-state index contributed by atoms with van der Waals surface area (Å²) in [5, 5.41) is 3.58. The normalized spacial score (nSPS) is 15.5. The topological polar surface area (TPSA) is 49.4 Å². The third kappa shape index (κ3) is 3.85. The summed E-state index contributed by atoms with van der Waals surface area (Å²) in [6.07, 6.45) is 2.36. The van der Waals surface area contributed by atoms with Crippen LogP contribution in [0, 0.1) is 0 Å². The lowest BCUT2D eigenvalue weighted by Gasteiger charge is -2.26. The number of likely N-dealkylation sites (tertiary alicyclic amines) is 1. The Kier molecular flexibility index (Phi) is 4.66. The Morgan fingerprint density at radius 2 is 2.11 bits per heavy atom. The molecule has 1 fully saturated rings. The predicted molar refractivity (Wildman–Crippen MR) is 75.5 cm³/mol. The summed E-state index contributed by atoms with van der Waals surface area (Å²) in [6, 6.07) is 4.85. The fourth-order valence-corrected chi connectivity index (χ4v) is 2.32. The van der Waals surface area contributed by atoms with Crippen molar-refractivity contribution in [3.05, 3.63) is 28.2 Å². The third-order valence-corrected chi connectivity index (χ3v) is 3.52. The molecular weight excluding hydrogens is 287 g/mol. The number of hydrogen-bond acceptors (Lipinski definition) is 2. The average molecular weight is 301 g/mol. The minimum absolute atomic E-state index is 0.0265. The number of hydrogen-bond donors (Lipinski definition) is 1. The molecule has 0 saturated carbocycles. The van der Waals surface area contributed by atoms with E-state index in [2.05, 4.69) is 5.32 Å². The minimum Gasteiger partial charge on any atom is -0.333 e. The Morgan fingerprint density at radius 3 is 2.84 bits per heavy atom. The summed E-state index contributed by atoms with van der Waals surface area (Å²) in [7, 11) is 0. The molecule has 1 heterocycles. The van der Waals surface area contributed by atoms with Crippen LogP contribution in [-0.2, 0) is 9.59 Å². The Bertz CT molecular complexity index is 505. The van der Waals surface area contributed by atoms with E-state index in [4.69, 9.17) is 23.2 Å². The Labute approximate surface area is 121 Å². The lowest BCUT2D eigenvalue weighted by atomic mass is 10.1. The lowest BCUT2D eigenvalue weighted by molar-refractivity contribution is -0.136. The smallest absolute Gasteiger partial charge is 0.244 e. The first-order valence-corrected chi connectivity index (χ1v) is 6.84. The van der Waals surface area contributed by atoms with E-state index < -0.39 is 0 Å². The van der Waals surface area contributed by atoms with Gasteiger partial charge in [-0.2, -0.15) is 0 Å². The van der Waals surface area contributed by atoms with Gasteiger partial charge in [-0.05, 0) is 31.0 Å². The highest BCUT2D eigenvalue weighted by molar-refractivity contribution is 6.35. The molecule has 1 saturated heterocycles. The molecule has 1 aromatic carbocycles. The minimum atomic E-state index is -0.264. The van der Waals surface area contributed by atoms with Crippen molar-refractivity contribution in [1.82, 2.24) is 4.90 Å². The number of nitrogens with one attached hydrogen (secondary N) is 1. The van der Waals surface area contributed by atoms with Crippen LogP contribution < -0.4 is 5.32 Å². The van der Waals surface area contributed by atoms with Gasteiger partial charge in [-0.1, -0.05) is 23.2 Å². The molecule has 0 spiro atoms. The van der Waals surface area contributed by atoms with Gasteiger partial charge in [0.15, 0.2) is 0 Å². The largest absolute Gasteiger partial charge is 0.333 e. The number of carbonyl (C=O) groups excluding carboxylic acids is 2. The van der Waals surface area contributed by atoms with Crippen molar-refractivity contribution in [2.24, 2.45) is 0 Å². The summed E-state index contributed by atoms with van der Waals surface area (Å²) in [5.41, 5.74) is 0.462. The van der Waals surface area contributed by atoms with Gasteiger partial charge in [0.05, 0.1) is 17.3 Å². The van der Waals surface area contributed by atoms with E-state index in [-0.39, 0.29) is 18.4 Å². The monoisotopic (exact) mass is 300 g/mol. The second-order valence-electron chi connectivity index (χ2n) is 4.44. The maximum absolute atomic E-state index is 11.9. The van der Waals surface area contributed by atoms with Gasteiger partial charge in [-0.15, -0.1) is 0 Å². The zero-order valence-electron chi connectivity index (χ0n) is 10.3. The van der Waals surface area contributed by atoms with Crippen LogP contribution in [0.1, 0.15) is 19.3 Å². The van der Waals surface area contributed by atoms with E-state index in [1.165, 1.54) is 0 Å². The Morgan fingerprint density at radius 1 is 1.32 bits per heavy atom. The van der Waals surface area contributed by atoms with E-state index in [1.54, 1.807) is 23.1 Å². The van der Waals surface area contributed by atoms with Crippen molar-refractivity contribution in [3.8, 4) is 0 Å². The van der Waals surface area contributed by atoms with Gasteiger partial charge in [-0.3, -0.25) is 9.59 Å². The first-order valence-electron chi connectivity index (χ1n) is 6.09. The van der Waals surface area contributed by atoms with Crippen LogP contribution in [0.4, 0.5) is 5.69 Å². The molecule has 1 aromatic rings. The number of amides is 2. The summed E-state index contributed by atoms with van der Waals surface area (Å²) in [5.74, 6) is -0.238. The van der Waals surface area contributed by atoms with Gasteiger partial charge in [-0.25, -0.2) is 0 Å². The highest BCUT2D eigenvalue weighted by Gasteiger charge is 2.20. The van der Waals surface area contributed by atoms with E-state index in [0.29, 0.717) is 28.7 Å². The van der Waals surface area contributed by atoms with Crippen molar-refractivity contribution >= 4 is 40.7 Å². The van der Waals surface area contributed by atoms with Crippen LogP contribution in [0.25, 0.3) is 0 Å². The first kappa shape index (κ1) is 14.2. The van der Waals surface area contributed by atoms with Gasteiger partial charge in [0.1, 0.15) is 0 Å². The Hall–Kier alpha value is -1.26. The second kappa shape index (κ2) is 6.26. The van der Waals surface area contributed by atoms with Crippen molar-refractivity contribution in [3.63, 3.8) is 0 Å². The third-order valence-electron chi connectivity index (χ3n) is 2.96. The fraction of sp³-hybridized carbons (Fsp3) is 0.385. The molecule has 2 rings (SSSR count). The van der Waals surface area contributed by atoms with Gasteiger partial charge in [0, 0.05) is 18.0 Å². The maximum Gasteiger partial charge on any atom is 0.244 e. The summed E-state index contributed by atoms with van der Waals surface area (Å²) < 4.78 is 0. The van der Waals surface area contributed by atoms with Crippen LogP contribution in [0.15, 0.2) is 18.2 Å². The number of benzene rings is 1. The van der Waals surface area contributed by atoms with Gasteiger partial charge in [0.25, 0.3) is 0 Å². The molecule has 0 radical (unpaired) electrons. The van der Waals surface area contributed by atoms with E-state index in [1.807, 2.05) is 0 Å². The SMILES string of the molecule is O=C(CN1CCCCC1=O)Nc1cc(Cl)ccc1Cl. The molecule has 0 atom stereocenters. The first-order chi connectivity index (χ1) is 9.06. The molecule has 0 aromatic heterocycles. The number of halogens is 2. The van der Waals surface area contributed by atoms with Gasteiger partial charge >= 0.3 is 0 Å². The molecular formula is C13H14Cl2N2O2. The average Bonchev–Trinajstić information content (AvgIpc) is 2.37. The zero-order valence-corrected chi connectivity index (χ0v) is 11.8. The highest BCUT2D eigenvalue weighted by Crippen LogP contribution is 2.25. The highest BCUT2D eigenvalue weighted by atomic mass is 35.5. The summed E-state index contributed by atoms with van der Waals surface area (Å²) in [6.45, 7) is 0.692. The van der Waals surface area contributed by atoms with E-state index >= 15 is 0 Å². The molecule has 102 valence electrons. The van der Waals surface area contributed by atoms with Crippen LogP contribution in [0.3, 0.4) is 0 Å². The molecule has 0 aliphatic carbocycles. The van der Waals surface area contributed by atoms with E-state index in [9.17, 15) is 9.59 Å². The standard InChI is InChI=1S/C13H14Cl2N2O2/c14-9-4-5-10(15)11(7-9)16-12(18)8-17-6-2-1-3-13(17)19/h4-5,7H,1-3,6,8H2,(H,16,18). The number of anilines is 1. The van der Waals surface area contributed by atoms with Gasteiger partial charge in [0.2, 0.25) is 11.8 Å². The quantitative estimate of drug-likeness (QED) is 0.933. The number of piperidine rings is 1. The van der Waals surface area contributed by atoms with Crippen molar-refractivity contribution in [2.45, 2.75) is 19.3 Å². The molecule has 4 nitrogen and oxygen atoms in total. The maximum atomic E-state index is 11.9. The number of carbonyl (C=O) groups is 2. The fourth-order valence-electron chi connectivity index (χ4n) is 1.99. The van der Waals surface area contributed by atoms with Crippen LogP contribution >= 0.6 is 23.2 Å². The zero-order chi connectivity index (χ0) is 13.8. The molecule has 2 amide bonds. The number of nitrogens with zero attached hydrogens (tertiary/aromatic N) is 1. The molecule has 1 aliphatic rings. The second-order valence-corrected chi connectivity index (χ2v) is 5.29. The van der Waals surface area contributed by atoms with Crippen LogP contribution in [-0.4, -0.2) is 29.8 Å². The summed E-state index contributed by atoms with van der Waals surface area (Å²) >= 11 is 11.8. The molecule has 0 bridgehead atoms. The van der Waals surface area contributed by atoms with Crippen molar-refractivity contribution < 1.29 is 9.59 Å².